The number of nitrogens with one attached hydrogen (secondary N) is 1. The summed E-state index contributed by atoms with van der Waals surface area (Å²) in [6, 6.07) is 0. The third-order valence-corrected chi connectivity index (χ3v) is 3.28. The summed E-state index contributed by atoms with van der Waals surface area (Å²) in [7, 11) is 0. The Morgan fingerprint density at radius 1 is 1.38 bits per heavy atom. The first-order valence-electron chi connectivity index (χ1n) is 5.42. The van der Waals surface area contributed by atoms with Gasteiger partial charge in [-0.3, -0.25) is 9.59 Å². The standard InChI is InChI=1S/C11H15NO4/c1-2-5-12-10(13)8-6-3-4-7(16-6)9(8)11(14)15/h2,6-9H,1,3-5H2,(H,12,13)(H,14,15). The summed E-state index contributed by atoms with van der Waals surface area (Å²) >= 11 is 0. The number of amides is 1. The number of carbonyl (C=O) groups is 2. The second-order valence-electron chi connectivity index (χ2n) is 4.21. The fourth-order valence-corrected chi connectivity index (χ4v) is 2.62. The van der Waals surface area contributed by atoms with Crippen LogP contribution >= 0.6 is 0 Å². The third kappa shape index (κ3) is 1.71. The summed E-state index contributed by atoms with van der Waals surface area (Å²) in [4.78, 5) is 22.9. The summed E-state index contributed by atoms with van der Waals surface area (Å²) in [5.41, 5.74) is 0. The van der Waals surface area contributed by atoms with Crippen molar-refractivity contribution in [3.63, 3.8) is 0 Å². The van der Waals surface area contributed by atoms with E-state index in [1.807, 2.05) is 0 Å². The average molecular weight is 225 g/mol. The van der Waals surface area contributed by atoms with E-state index in [1.165, 1.54) is 0 Å². The lowest BCUT2D eigenvalue weighted by molar-refractivity contribution is -0.147. The number of hydrogen-bond donors (Lipinski definition) is 2. The Hall–Kier alpha value is -1.36. The van der Waals surface area contributed by atoms with Crippen LogP contribution < -0.4 is 5.32 Å². The van der Waals surface area contributed by atoms with Gasteiger partial charge in [0.25, 0.3) is 0 Å². The fourth-order valence-electron chi connectivity index (χ4n) is 2.62. The second kappa shape index (κ2) is 4.25. The Morgan fingerprint density at radius 3 is 2.56 bits per heavy atom. The first kappa shape index (κ1) is 11.1. The SMILES string of the molecule is C=CCNC(=O)C1C2CCC(O2)C1C(=O)O. The molecule has 0 radical (unpaired) electrons. The molecule has 0 spiro atoms. The van der Waals surface area contributed by atoms with Crippen molar-refractivity contribution >= 4 is 11.9 Å². The largest absolute Gasteiger partial charge is 0.481 e. The summed E-state index contributed by atoms with van der Waals surface area (Å²) in [5.74, 6) is -2.41. The smallest absolute Gasteiger partial charge is 0.310 e. The molecule has 2 aliphatic heterocycles. The molecule has 5 heteroatoms. The van der Waals surface area contributed by atoms with Gasteiger partial charge in [0.15, 0.2) is 0 Å². The van der Waals surface area contributed by atoms with E-state index < -0.39 is 17.8 Å². The maximum absolute atomic E-state index is 11.8. The minimum Gasteiger partial charge on any atom is -0.481 e. The number of fused-ring (bicyclic) bond motifs is 2. The number of carbonyl (C=O) groups excluding carboxylic acids is 1. The van der Waals surface area contributed by atoms with E-state index in [4.69, 9.17) is 9.84 Å². The molecule has 2 saturated heterocycles. The predicted octanol–water partition coefficient (Wildman–Crippen LogP) is 0.167. The molecular weight excluding hydrogens is 210 g/mol. The predicted molar refractivity (Wildman–Crippen MR) is 55.7 cm³/mol. The van der Waals surface area contributed by atoms with Crippen LogP contribution in [-0.2, 0) is 14.3 Å². The van der Waals surface area contributed by atoms with Crippen molar-refractivity contribution in [3.05, 3.63) is 12.7 Å². The molecule has 2 aliphatic rings. The lowest BCUT2D eigenvalue weighted by atomic mass is 9.79. The third-order valence-electron chi connectivity index (χ3n) is 3.28. The molecule has 0 aromatic rings. The molecule has 0 aromatic heterocycles. The number of carboxylic acids is 1. The first-order chi connectivity index (χ1) is 7.65. The first-order valence-corrected chi connectivity index (χ1v) is 5.42. The van der Waals surface area contributed by atoms with Gasteiger partial charge in [-0.2, -0.15) is 0 Å². The van der Waals surface area contributed by atoms with Crippen LogP contribution in [0.4, 0.5) is 0 Å². The average Bonchev–Trinajstić information content (AvgIpc) is 2.84. The van der Waals surface area contributed by atoms with Crippen molar-refractivity contribution in [2.45, 2.75) is 25.0 Å². The van der Waals surface area contributed by atoms with Crippen LogP contribution in [0.15, 0.2) is 12.7 Å². The van der Waals surface area contributed by atoms with Gasteiger partial charge in [0.2, 0.25) is 5.91 Å². The van der Waals surface area contributed by atoms with Crippen molar-refractivity contribution < 1.29 is 19.4 Å². The van der Waals surface area contributed by atoms with E-state index in [1.54, 1.807) is 6.08 Å². The van der Waals surface area contributed by atoms with Crippen LogP contribution in [0.1, 0.15) is 12.8 Å². The van der Waals surface area contributed by atoms with Gasteiger partial charge in [0.1, 0.15) is 0 Å². The van der Waals surface area contributed by atoms with Gasteiger partial charge in [-0.15, -0.1) is 6.58 Å². The number of ether oxygens (including phenoxy) is 1. The van der Waals surface area contributed by atoms with Crippen molar-refractivity contribution in [1.82, 2.24) is 5.32 Å². The lowest BCUT2D eigenvalue weighted by Gasteiger charge is -2.23. The van der Waals surface area contributed by atoms with Crippen LogP contribution in [0.5, 0.6) is 0 Å². The molecule has 0 aromatic carbocycles. The molecule has 0 saturated carbocycles. The van der Waals surface area contributed by atoms with Crippen LogP contribution in [0.25, 0.3) is 0 Å². The van der Waals surface area contributed by atoms with E-state index in [2.05, 4.69) is 11.9 Å². The number of rotatable bonds is 4. The van der Waals surface area contributed by atoms with Crippen molar-refractivity contribution in [3.8, 4) is 0 Å². The number of hydrogen-bond acceptors (Lipinski definition) is 3. The molecule has 88 valence electrons. The van der Waals surface area contributed by atoms with Crippen molar-refractivity contribution in [2.75, 3.05) is 6.54 Å². The molecule has 2 fully saturated rings. The van der Waals surface area contributed by atoms with Gasteiger partial charge in [-0.05, 0) is 12.8 Å². The van der Waals surface area contributed by atoms with Gasteiger partial charge in [-0.1, -0.05) is 6.08 Å². The molecule has 2 N–H and O–H groups in total. The topological polar surface area (TPSA) is 75.6 Å². The molecule has 2 heterocycles. The Balaban J connectivity index is 2.09. The lowest BCUT2D eigenvalue weighted by Crippen LogP contribution is -2.43. The van der Waals surface area contributed by atoms with Crippen molar-refractivity contribution in [2.24, 2.45) is 11.8 Å². The van der Waals surface area contributed by atoms with Gasteiger partial charge in [0, 0.05) is 6.54 Å². The van der Waals surface area contributed by atoms with E-state index in [0.29, 0.717) is 6.54 Å². The van der Waals surface area contributed by atoms with Crippen molar-refractivity contribution in [1.29, 1.82) is 0 Å². The molecule has 4 atom stereocenters. The zero-order valence-corrected chi connectivity index (χ0v) is 8.89. The monoisotopic (exact) mass is 225 g/mol. The molecule has 4 unspecified atom stereocenters. The van der Waals surface area contributed by atoms with E-state index >= 15 is 0 Å². The quantitative estimate of drug-likeness (QED) is 0.669. The maximum Gasteiger partial charge on any atom is 0.310 e. The van der Waals surface area contributed by atoms with Crippen LogP contribution in [0, 0.1) is 11.8 Å². The van der Waals surface area contributed by atoms with Gasteiger partial charge in [0.05, 0.1) is 24.0 Å². The van der Waals surface area contributed by atoms with Crippen LogP contribution in [-0.4, -0.2) is 35.7 Å². The molecule has 5 nitrogen and oxygen atoms in total. The molecule has 0 aliphatic carbocycles. The highest BCUT2D eigenvalue weighted by atomic mass is 16.5. The Bertz CT molecular complexity index is 328. The Kier molecular flexibility index (Phi) is 2.96. The molecule has 2 rings (SSSR count). The van der Waals surface area contributed by atoms with Gasteiger partial charge in [-0.25, -0.2) is 0 Å². The van der Waals surface area contributed by atoms with Crippen LogP contribution in [0.3, 0.4) is 0 Å². The summed E-state index contributed by atoms with van der Waals surface area (Å²) < 4.78 is 5.49. The normalized spacial score (nSPS) is 36.0. The summed E-state index contributed by atoms with van der Waals surface area (Å²) in [6.45, 7) is 3.86. The zero-order chi connectivity index (χ0) is 11.7. The summed E-state index contributed by atoms with van der Waals surface area (Å²) in [6.07, 6.45) is 2.58. The van der Waals surface area contributed by atoms with Gasteiger partial charge < -0.3 is 15.2 Å². The Labute approximate surface area is 93.5 Å². The zero-order valence-electron chi connectivity index (χ0n) is 8.89. The molecule has 1 amide bonds. The van der Waals surface area contributed by atoms with E-state index in [9.17, 15) is 9.59 Å². The highest BCUT2D eigenvalue weighted by Crippen LogP contribution is 2.43. The van der Waals surface area contributed by atoms with E-state index in [0.717, 1.165) is 12.8 Å². The molecular formula is C11H15NO4. The number of carboxylic acid groups (broad SMARTS) is 1. The Morgan fingerprint density at radius 2 is 2.00 bits per heavy atom. The highest BCUT2D eigenvalue weighted by molar-refractivity contribution is 5.86. The molecule has 2 bridgehead atoms. The van der Waals surface area contributed by atoms with Crippen LogP contribution in [0.2, 0.25) is 0 Å². The highest BCUT2D eigenvalue weighted by Gasteiger charge is 2.55. The minimum atomic E-state index is -0.939. The minimum absolute atomic E-state index is 0.226. The van der Waals surface area contributed by atoms with Gasteiger partial charge >= 0.3 is 5.97 Å². The fraction of sp³-hybridized carbons (Fsp3) is 0.636. The maximum atomic E-state index is 11.8. The second-order valence-corrected chi connectivity index (χ2v) is 4.21. The number of aliphatic carboxylic acids is 1. The van der Waals surface area contributed by atoms with E-state index in [-0.39, 0.29) is 18.1 Å². The molecule has 16 heavy (non-hydrogen) atoms. The summed E-state index contributed by atoms with van der Waals surface area (Å²) in [5, 5.41) is 11.7.